The minimum absolute atomic E-state index is 0.0347. The van der Waals surface area contributed by atoms with Gasteiger partial charge < -0.3 is 5.73 Å². The summed E-state index contributed by atoms with van der Waals surface area (Å²) in [6.07, 6.45) is 2.19. The monoisotopic (exact) mass is 260 g/mol. The molecule has 0 aliphatic rings. The molecule has 0 saturated heterocycles. The van der Waals surface area contributed by atoms with Crippen LogP contribution in [0.15, 0.2) is 35.7 Å². The molecule has 0 heterocycles. The van der Waals surface area contributed by atoms with Gasteiger partial charge >= 0.3 is 0 Å². The quantitative estimate of drug-likeness (QED) is 0.482. The zero-order chi connectivity index (χ0) is 12.2. The summed E-state index contributed by atoms with van der Waals surface area (Å²) in [5.41, 5.74) is 5.91. The third kappa shape index (κ3) is 3.23. The van der Waals surface area contributed by atoms with Crippen LogP contribution in [0.3, 0.4) is 0 Å². The summed E-state index contributed by atoms with van der Waals surface area (Å²) in [6.45, 7) is 3.80. The second-order valence-electron chi connectivity index (χ2n) is 3.16. The molecule has 1 rings (SSSR count). The van der Waals surface area contributed by atoms with Crippen LogP contribution in [0, 0.1) is 0 Å². The standard InChI is InChI=1S/C10H13ClN2O2S/c1-2-3-6-13-16(14,15)10-5-4-8(12)7-9(10)11/h2,4-5,7,13H,1,3,6,12H2. The van der Waals surface area contributed by atoms with Crippen LogP contribution >= 0.6 is 11.6 Å². The summed E-state index contributed by atoms with van der Waals surface area (Å²) in [7, 11) is -3.57. The number of benzene rings is 1. The Hall–Kier alpha value is -1.04. The lowest BCUT2D eigenvalue weighted by Gasteiger charge is -2.07. The van der Waals surface area contributed by atoms with Crippen molar-refractivity contribution in [2.45, 2.75) is 11.3 Å². The molecule has 0 aromatic heterocycles. The van der Waals surface area contributed by atoms with Gasteiger partial charge in [-0.1, -0.05) is 17.7 Å². The molecule has 0 saturated carbocycles. The summed E-state index contributed by atoms with van der Waals surface area (Å²) in [5, 5.41) is 0.117. The maximum Gasteiger partial charge on any atom is 0.242 e. The van der Waals surface area contributed by atoms with Gasteiger partial charge in [0.2, 0.25) is 10.0 Å². The van der Waals surface area contributed by atoms with Crippen LogP contribution in [0.1, 0.15) is 6.42 Å². The SMILES string of the molecule is C=CCCNS(=O)(=O)c1ccc(N)cc1Cl. The van der Waals surface area contributed by atoms with Crippen LogP contribution in [-0.2, 0) is 10.0 Å². The number of hydrogen-bond acceptors (Lipinski definition) is 3. The van der Waals surface area contributed by atoms with Crippen LogP contribution in [0.2, 0.25) is 5.02 Å². The van der Waals surface area contributed by atoms with Gasteiger partial charge in [0.25, 0.3) is 0 Å². The lowest BCUT2D eigenvalue weighted by molar-refractivity contribution is 0.582. The zero-order valence-electron chi connectivity index (χ0n) is 8.61. The van der Waals surface area contributed by atoms with E-state index in [2.05, 4.69) is 11.3 Å². The van der Waals surface area contributed by atoms with Gasteiger partial charge in [0, 0.05) is 12.2 Å². The highest BCUT2D eigenvalue weighted by molar-refractivity contribution is 7.89. The van der Waals surface area contributed by atoms with Crippen molar-refractivity contribution < 1.29 is 8.42 Å². The van der Waals surface area contributed by atoms with Gasteiger partial charge in [-0.25, -0.2) is 13.1 Å². The molecule has 0 bridgehead atoms. The van der Waals surface area contributed by atoms with Gasteiger partial charge in [-0.15, -0.1) is 6.58 Å². The number of sulfonamides is 1. The predicted octanol–water partition coefficient (Wildman–Crippen LogP) is 1.78. The lowest BCUT2D eigenvalue weighted by atomic mass is 10.3. The Balaban J connectivity index is 2.94. The van der Waals surface area contributed by atoms with Gasteiger partial charge in [-0.05, 0) is 24.6 Å². The van der Waals surface area contributed by atoms with Crippen molar-refractivity contribution in [2.24, 2.45) is 0 Å². The van der Waals surface area contributed by atoms with Crippen LogP contribution in [0.5, 0.6) is 0 Å². The van der Waals surface area contributed by atoms with E-state index in [1.54, 1.807) is 6.08 Å². The fraction of sp³-hybridized carbons (Fsp3) is 0.200. The molecule has 16 heavy (non-hydrogen) atoms. The molecule has 0 aliphatic heterocycles. The first-order chi connectivity index (χ1) is 7.47. The Morgan fingerprint density at radius 2 is 2.19 bits per heavy atom. The van der Waals surface area contributed by atoms with Gasteiger partial charge in [0.1, 0.15) is 4.90 Å². The average Bonchev–Trinajstić information content (AvgIpc) is 2.17. The summed E-state index contributed by atoms with van der Waals surface area (Å²) < 4.78 is 25.9. The van der Waals surface area contributed by atoms with Crippen LogP contribution < -0.4 is 10.5 Å². The topological polar surface area (TPSA) is 72.2 Å². The molecule has 88 valence electrons. The minimum Gasteiger partial charge on any atom is -0.399 e. The highest BCUT2D eigenvalue weighted by Gasteiger charge is 2.16. The van der Waals surface area contributed by atoms with Gasteiger partial charge in [0.15, 0.2) is 0 Å². The Labute approximate surface area is 100 Å². The van der Waals surface area contributed by atoms with E-state index < -0.39 is 10.0 Å². The largest absolute Gasteiger partial charge is 0.399 e. The second kappa shape index (κ2) is 5.34. The van der Waals surface area contributed by atoms with Crippen LogP contribution in [0.4, 0.5) is 5.69 Å². The number of halogens is 1. The molecule has 1 aromatic carbocycles. The van der Waals surface area contributed by atoms with Crippen molar-refractivity contribution >= 4 is 27.3 Å². The number of nitrogens with two attached hydrogens (primary N) is 1. The fourth-order valence-corrected chi connectivity index (χ4v) is 2.71. The first-order valence-electron chi connectivity index (χ1n) is 4.63. The first kappa shape index (κ1) is 13.0. The van der Waals surface area contributed by atoms with Crippen molar-refractivity contribution in [1.82, 2.24) is 4.72 Å². The number of rotatable bonds is 5. The summed E-state index contributed by atoms with van der Waals surface area (Å²) in [6, 6.07) is 4.28. The van der Waals surface area contributed by atoms with E-state index in [1.165, 1.54) is 18.2 Å². The van der Waals surface area contributed by atoms with E-state index in [0.717, 1.165) is 0 Å². The van der Waals surface area contributed by atoms with Crippen molar-refractivity contribution in [1.29, 1.82) is 0 Å². The molecule has 4 nitrogen and oxygen atoms in total. The number of nitrogen functional groups attached to an aromatic ring is 1. The highest BCUT2D eigenvalue weighted by Crippen LogP contribution is 2.23. The molecule has 0 atom stereocenters. The molecule has 0 radical (unpaired) electrons. The van der Waals surface area contributed by atoms with Gasteiger partial charge in [-0.3, -0.25) is 0 Å². The molecule has 0 fully saturated rings. The van der Waals surface area contributed by atoms with Crippen molar-refractivity contribution in [3.63, 3.8) is 0 Å². The summed E-state index contributed by atoms with van der Waals surface area (Å²) in [4.78, 5) is 0.0347. The Morgan fingerprint density at radius 1 is 1.50 bits per heavy atom. The molecule has 0 amide bonds. The molecule has 6 heteroatoms. The summed E-state index contributed by atoms with van der Waals surface area (Å²) in [5.74, 6) is 0. The number of anilines is 1. The smallest absolute Gasteiger partial charge is 0.242 e. The number of hydrogen-bond donors (Lipinski definition) is 2. The van der Waals surface area contributed by atoms with Crippen LogP contribution in [0.25, 0.3) is 0 Å². The molecular weight excluding hydrogens is 248 g/mol. The Morgan fingerprint density at radius 3 is 2.75 bits per heavy atom. The highest BCUT2D eigenvalue weighted by atomic mass is 35.5. The number of nitrogens with one attached hydrogen (secondary N) is 1. The third-order valence-electron chi connectivity index (χ3n) is 1.89. The normalized spacial score (nSPS) is 11.3. The van der Waals surface area contributed by atoms with Crippen LogP contribution in [-0.4, -0.2) is 15.0 Å². The lowest BCUT2D eigenvalue weighted by Crippen LogP contribution is -2.24. The maximum absolute atomic E-state index is 11.8. The van der Waals surface area contributed by atoms with E-state index in [1.807, 2.05) is 0 Å². The van der Waals surface area contributed by atoms with E-state index in [4.69, 9.17) is 17.3 Å². The predicted molar refractivity (Wildman–Crippen MR) is 65.9 cm³/mol. The zero-order valence-corrected chi connectivity index (χ0v) is 10.2. The average molecular weight is 261 g/mol. The van der Waals surface area contributed by atoms with Gasteiger partial charge in [0.05, 0.1) is 5.02 Å². The molecule has 0 unspecified atom stereocenters. The summed E-state index contributed by atoms with van der Waals surface area (Å²) >= 11 is 5.81. The van der Waals surface area contributed by atoms with E-state index >= 15 is 0 Å². The van der Waals surface area contributed by atoms with Crippen molar-refractivity contribution in [2.75, 3.05) is 12.3 Å². The minimum atomic E-state index is -3.57. The van der Waals surface area contributed by atoms with E-state index in [-0.39, 0.29) is 9.92 Å². The Bertz CT molecular complexity index is 486. The van der Waals surface area contributed by atoms with Crippen molar-refractivity contribution in [3.8, 4) is 0 Å². The first-order valence-corrected chi connectivity index (χ1v) is 6.49. The molecule has 1 aromatic rings. The van der Waals surface area contributed by atoms with E-state index in [9.17, 15) is 8.42 Å². The van der Waals surface area contributed by atoms with Gasteiger partial charge in [-0.2, -0.15) is 0 Å². The third-order valence-corrected chi connectivity index (χ3v) is 3.83. The van der Waals surface area contributed by atoms with E-state index in [0.29, 0.717) is 18.7 Å². The maximum atomic E-state index is 11.8. The fourth-order valence-electron chi connectivity index (χ4n) is 1.11. The Kier molecular flexibility index (Phi) is 4.35. The molecule has 0 spiro atoms. The molecule has 0 aliphatic carbocycles. The van der Waals surface area contributed by atoms with Crippen molar-refractivity contribution in [3.05, 3.63) is 35.9 Å². The molecular formula is C10H13ClN2O2S. The molecule has 3 N–H and O–H groups in total. The second-order valence-corrected chi connectivity index (χ2v) is 5.31.